The van der Waals surface area contributed by atoms with Crippen LogP contribution in [0, 0.1) is 0 Å². The van der Waals surface area contributed by atoms with Crippen molar-refractivity contribution in [3.63, 3.8) is 0 Å². The molecule has 2 N–H and O–H groups in total. The summed E-state index contributed by atoms with van der Waals surface area (Å²) in [5.74, 6) is 0.884. The fourth-order valence-electron chi connectivity index (χ4n) is 2.38. The molecule has 2 rings (SSSR count). The Labute approximate surface area is 138 Å². The Hall–Kier alpha value is -2.33. The monoisotopic (exact) mass is 313 g/mol. The SMILES string of the molecule is COc1ccc(CNC(=O)[C@@H](C)[NH+](C)Cc2ccccc2)cc1. The minimum absolute atomic E-state index is 0.0641. The van der Waals surface area contributed by atoms with Gasteiger partial charge in [-0.15, -0.1) is 0 Å². The third-order valence-electron chi connectivity index (χ3n) is 4.08. The number of nitrogens with one attached hydrogen (secondary N) is 2. The van der Waals surface area contributed by atoms with Gasteiger partial charge in [-0.05, 0) is 24.6 Å². The summed E-state index contributed by atoms with van der Waals surface area (Å²) in [6, 6.07) is 17.9. The zero-order chi connectivity index (χ0) is 16.7. The third-order valence-corrected chi connectivity index (χ3v) is 4.08. The van der Waals surface area contributed by atoms with Crippen molar-refractivity contribution in [2.24, 2.45) is 0 Å². The molecule has 0 aromatic heterocycles. The maximum absolute atomic E-state index is 12.3. The molecule has 122 valence electrons. The number of carbonyl (C=O) groups is 1. The van der Waals surface area contributed by atoms with E-state index < -0.39 is 0 Å². The first-order valence-corrected chi connectivity index (χ1v) is 7.87. The van der Waals surface area contributed by atoms with Gasteiger partial charge in [0, 0.05) is 12.1 Å². The zero-order valence-electron chi connectivity index (χ0n) is 14.0. The minimum atomic E-state index is -0.103. The van der Waals surface area contributed by atoms with Crippen LogP contribution in [0.15, 0.2) is 54.6 Å². The molecule has 0 bridgehead atoms. The molecular weight excluding hydrogens is 288 g/mol. The molecule has 0 radical (unpaired) electrons. The minimum Gasteiger partial charge on any atom is -0.497 e. The van der Waals surface area contributed by atoms with Crippen LogP contribution < -0.4 is 15.0 Å². The smallest absolute Gasteiger partial charge is 0.278 e. The largest absolute Gasteiger partial charge is 0.497 e. The number of quaternary nitrogens is 1. The average Bonchev–Trinajstić information content (AvgIpc) is 2.60. The molecule has 4 heteroatoms. The van der Waals surface area contributed by atoms with E-state index in [1.807, 2.05) is 56.4 Å². The summed E-state index contributed by atoms with van der Waals surface area (Å²) in [7, 11) is 3.69. The summed E-state index contributed by atoms with van der Waals surface area (Å²) in [6.45, 7) is 3.32. The van der Waals surface area contributed by atoms with Crippen LogP contribution in [-0.2, 0) is 17.9 Å². The van der Waals surface area contributed by atoms with Crippen molar-refractivity contribution in [1.82, 2.24) is 5.32 Å². The van der Waals surface area contributed by atoms with E-state index in [9.17, 15) is 4.79 Å². The van der Waals surface area contributed by atoms with Gasteiger partial charge in [0.15, 0.2) is 6.04 Å². The highest BCUT2D eigenvalue weighted by Crippen LogP contribution is 2.10. The Balaban J connectivity index is 1.84. The Kier molecular flexibility index (Phi) is 6.18. The quantitative estimate of drug-likeness (QED) is 0.812. The van der Waals surface area contributed by atoms with Crippen molar-refractivity contribution in [2.45, 2.75) is 26.1 Å². The first kappa shape index (κ1) is 17.0. The number of benzene rings is 2. The zero-order valence-corrected chi connectivity index (χ0v) is 14.0. The molecule has 4 nitrogen and oxygen atoms in total. The molecule has 2 aromatic rings. The summed E-state index contributed by atoms with van der Waals surface area (Å²) in [6.07, 6.45) is 0. The molecule has 0 spiro atoms. The van der Waals surface area contributed by atoms with Gasteiger partial charge in [0.2, 0.25) is 0 Å². The van der Waals surface area contributed by atoms with Gasteiger partial charge in [-0.2, -0.15) is 0 Å². The molecule has 0 fully saturated rings. The second kappa shape index (κ2) is 8.34. The van der Waals surface area contributed by atoms with Crippen molar-refractivity contribution in [3.05, 3.63) is 65.7 Å². The Morgan fingerprint density at radius 1 is 1.09 bits per heavy atom. The fourth-order valence-corrected chi connectivity index (χ4v) is 2.38. The van der Waals surface area contributed by atoms with Crippen molar-refractivity contribution in [3.8, 4) is 5.75 Å². The van der Waals surface area contributed by atoms with Crippen LogP contribution >= 0.6 is 0 Å². The number of carbonyl (C=O) groups excluding carboxylic acids is 1. The van der Waals surface area contributed by atoms with Gasteiger partial charge in [-0.3, -0.25) is 4.79 Å². The molecule has 1 unspecified atom stereocenters. The van der Waals surface area contributed by atoms with Gasteiger partial charge < -0.3 is 15.0 Å². The summed E-state index contributed by atoms with van der Waals surface area (Å²) in [4.78, 5) is 13.5. The molecule has 0 aliphatic heterocycles. The van der Waals surface area contributed by atoms with Crippen molar-refractivity contribution < 1.29 is 14.4 Å². The topological polar surface area (TPSA) is 42.8 Å². The maximum Gasteiger partial charge on any atom is 0.278 e. The first-order chi connectivity index (χ1) is 11.1. The van der Waals surface area contributed by atoms with E-state index in [1.165, 1.54) is 10.5 Å². The number of likely N-dealkylation sites (N-methyl/N-ethyl adjacent to an activating group) is 1. The Bertz CT molecular complexity index is 611. The number of ether oxygens (including phenoxy) is 1. The Morgan fingerprint density at radius 2 is 1.74 bits per heavy atom. The molecule has 0 heterocycles. The van der Waals surface area contributed by atoms with E-state index in [4.69, 9.17) is 4.74 Å². The molecule has 0 saturated heterocycles. The first-order valence-electron chi connectivity index (χ1n) is 7.87. The highest BCUT2D eigenvalue weighted by Gasteiger charge is 2.21. The van der Waals surface area contributed by atoms with Crippen LogP contribution in [0.2, 0.25) is 0 Å². The standard InChI is InChI=1S/C19H24N2O2/c1-15(21(2)14-17-7-5-4-6-8-17)19(22)20-13-16-9-11-18(23-3)12-10-16/h4-12,15H,13-14H2,1-3H3,(H,20,22)/p+1/t15-/m1/s1. The van der Waals surface area contributed by atoms with E-state index in [-0.39, 0.29) is 11.9 Å². The highest BCUT2D eigenvalue weighted by molar-refractivity contribution is 5.79. The van der Waals surface area contributed by atoms with Crippen LogP contribution in [0.3, 0.4) is 0 Å². The second-order valence-electron chi connectivity index (χ2n) is 5.80. The molecular formula is C19H25N2O2+. The predicted octanol–water partition coefficient (Wildman–Crippen LogP) is 1.41. The van der Waals surface area contributed by atoms with Gasteiger partial charge in [0.05, 0.1) is 14.2 Å². The van der Waals surface area contributed by atoms with Gasteiger partial charge in [0.1, 0.15) is 12.3 Å². The number of hydrogen-bond donors (Lipinski definition) is 2. The molecule has 0 aliphatic rings. The van der Waals surface area contributed by atoms with Crippen molar-refractivity contribution in [1.29, 1.82) is 0 Å². The van der Waals surface area contributed by atoms with Gasteiger partial charge in [-0.1, -0.05) is 42.5 Å². The number of amides is 1. The van der Waals surface area contributed by atoms with E-state index >= 15 is 0 Å². The number of methoxy groups -OCH3 is 1. The molecule has 2 atom stereocenters. The molecule has 23 heavy (non-hydrogen) atoms. The number of hydrogen-bond acceptors (Lipinski definition) is 2. The van der Waals surface area contributed by atoms with E-state index in [0.29, 0.717) is 6.54 Å². The van der Waals surface area contributed by atoms with E-state index in [2.05, 4.69) is 17.4 Å². The Morgan fingerprint density at radius 3 is 2.35 bits per heavy atom. The number of rotatable bonds is 7. The summed E-state index contributed by atoms with van der Waals surface area (Å²) >= 11 is 0. The lowest BCUT2D eigenvalue weighted by Crippen LogP contribution is -3.12. The van der Waals surface area contributed by atoms with Crippen LogP contribution in [0.5, 0.6) is 5.75 Å². The molecule has 0 saturated carbocycles. The van der Waals surface area contributed by atoms with Crippen LogP contribution in [0.4, 0.5) is 0 Å². The third kappa shape index (κ3) is 5.11. The lowest BCUT2D eigenvalue weighted by Gasteiger charge is -2.21. The van der Waals surface area contributed by atoms with Crippen LogP contribution in [-0.4, -0.2) is 26.1 Å². The maximum atomic E-state index is 12.3. The van der Waals surface area contributed by atoms with Crippen LogP contribution in [0.25, 0.3) is 0 Å². The molecule has 1 amide bonds. The predicted molar refractivity (Wildman–Crippen MR) is 91.3 cm³/mol. The van der Waals surface area contributed by atoms with Gasteiger partial charge >= 0.3 is 0 Å². The van der Waals surface area contributed by atoms with Gasteiger partial charge in [0.25, 0.3) is 5.91 Å². The van der Waals surface area contributed by atoms with Gasteiger partial charge in [-0.25, -0.2) is 0 Å². The highest BCUT2D eigenvalue weighted by atomic mass is 16.5. The molecule has 0 aliphatic carbocycles. The van der Waals surface area contributed by atoms with E-state index in [1.54, 1.807) is 7.11 Å². The lowest BCUT2D eigenvalue weighted by atomic mass is 10.1. The lowest BCUT2D eigenvalue weighted by molar-refractivity contribution is -0.908. The second-order valence-corrected chi connectivity index (χ2v) is 5.80. The summed E-state index contributed by atoms with van der Waals surface area (Å²) < 4.78 is 5.13. The summed E-state index contributed by atoms with van der Waals surface area (Å²) in [5, 5.41) is 3.00. The van der Waals surface area contributed by atoms with E-state index in [0.717, 1.165) is 17.9 Å². The van der Waals surface area contributed by atoms with Crippen LogP contribution in [0.1, 0.15) is 18.1 Å². The summed E-state index contributed by atoms with van der Waals surface area (Å²) in [5.41, 5.74) is 2.30. The van der Waals surface area contributed by atoms with Crippen molar-refractivity contribution in [2.75, 3.05) is 14.2 Å². The normalized spacial score (nSPS) is 13.2. The van der Waals surface area contributed by atoms with Crippen molar-refractivity contribution >= 4 is 5.91 Å². The average molecular weight is 313 g/mol. The molecule has 2 aromatic carbocycles. The fraction of sp³-hybridized carbons (Fsp3) is 0.316.